The van der Waals surface area contributed by atoms with Crippen molar-refractivity contribution >= 4 is 62.2 Å². The Morgan fingerprint density at radius 3 is 2.25 bits per heavy atom. The van der Waals surface area contributed by atoms with Crippen LogP contribution in [-0.4, -0.2) is 22.6 Å². The summed E-state index contributed by atoms with van der Waals surface area (Å²) in [6.45, 7) is 0. The van der Waals surface area contributed by atoms with Gasteiger partial charge in [0.2, 0.25) is 5.91 Å². The van der Waals surface area contributed by atoms with E-state index in [1.807, 2.05) is 18.2 Å². The van der Waals surface area contributed by atoms with E-state index in [2.05, 4.69) is 26.4 Å². The van der Waals surface area contributed by atoms with Crippen LogP contribution in [0.15, 0.2) is 82.4 Å². The Morgan fingerprint density at radius 1 is 0.938 bits per heavy atom. The van der Waals surface area contributed by atoms with Crippen LogP contribution in [0, 0.1) is 0 Å². The highest BCUT2D eigenvalue weighted by atomic mass is 79.9. The number of halogens is 3. The first kappa shape index (κ1) is 24.0. The van der Waals surface area contributed by atoms with Crippen molar-refractivity contribution in [2.45, 2.75) is 18.8 Å². The molecule has 32 heavy (non-hydrogen) atoms. The minimum Gasteiger partial charge on any atom is -0.411 e. The minimum absolute atomic E-state index is 0.0105. The standard InChI is InChI=1S/C24H19BrCl2N2O3/c25-17-8-6-16(7-9-17)24(31)23(15-4-2-1-3-5-15)21(29-32)12-13-22(30)28-18-10-11-19(26)20(27)14-18/h1-11,14,23,32H,12-13H2,(H,28,30)/b29-21-/t23-/m1/s1. The topological polar surface area (TPSA) is 78.8 Å². The quantitative estimate of drug-likeness (QED) is 0.142. The Balaban J connectivity index is 1.78. The molecule has 0 radical (unpaired) electrons. The second kappa shape index (κ2) is 11.3. The molecule has 0 aliphatic rings. The van der Waals surface area contributed by atoms with Crippen LogP contribution in [0.2, 0.25) is 10.0 Å². The molecule has 0 aliphatic heterocycles. The van der Waals surface area contributed by atoms with E-state index >= 15 is 0 Å². The fourth-order valence-electron chi connectivity index (χ4n) is 3.21. The monoisotopic (exact) mass is 532 g/mol. The van der Waals surface area contributed by atoms with E-state index < -0.39 is 5.92 Å². The van der Waals surface area contributed by atoms with Gasteiger partial charge < -0.3 is 10.5 Å². The lowest BCUT2D eigenvalue weighted by Gasteiger charge is -2.18. The summed E-state index contributed by atoms with van der Waals surface area (Å²) in [5, 5.41) is 16.6. The Morgan fingerprint density at radius 2 is 1.62 bits per heavy atom. The van der Waals surface area contributed by atoms with Gasteiger partial charge in [0.15, 0.2) is 5.78 Å². The number of amides is 1. The van der Waals surface area contributed by atoms with Gasteiger partial charge in [0.25, 0.3) is 0 Å². The molecule has 2 N–H and O–H groups in total. The Bertz CT molecular complexity index is 1140. The van der Waals surface area contributed by atoms with Gasteiger partial charge in [0.1, 0.15) is 0 Å². The van der Waals surface area contributed by atoms with Crippen molar-refractivity contribution in [3.05, 3.63) is 98.4 Å². The Hall–Kier alpha value is -2.67. The van der Waals surface area contributed by atoms with Crippen LogP contribution in [0.3, 0.4) is 0 Å². The number of nitrogens with zero attached hydrogens (tertiary/aromatic N) is 1. The molecular weight excluding hydrogens is 515 g/mol. The number of oxime groups is 1. The average molecular weight is 534 g/mol. The van der Waals surface area contributed by atoms with Gasteiger partial charge >= 0.3 is 0 Å². The number of nitrogens with one attached hydrogen (secondary N) is 1. The molecule has 0 saturated heterocycles. The minimum atomic E-state index is -0.819. The van der Waals surface area contributed by atoms with Crippen LogP contribution in [0.5, 0.6) is 0 Å². The summed E-state index contributed by atoms with van der Waals surface area (Å²) in [5.41, 5.74) is 1.85. The van der Waals surface area contributed by atoms with E-state index in [1.165, 1.54) is 0 Å². The number of benzene rings is 3. The summed E-state index contributed by atoms with van der Waals surface area (Å²) in [6, 6.07) is 20.8. The highest BCUT2D eigenvalue weighted by Crippen LogP contribution is 2.27. The number of hydrogen-bond donors (Lipinski definition) is 2. The lowest BCUT2D eigenvalue weighted by atomic mass is 9.85. The van der Waals surface area contributed by atoms with Crippen LogP contribution < -0.4 is 5.32 Å². The predicted octanol–water partition coefficient (Wildman–Crippen LogP) is 6.97. The van der Waals surface area contributed by atoms with Gasteiger partial charge in [-0.1, -0.05) is 86.8 Å². The smallest absolute Gasteiger partial charge is 0.224 e. The maximum absolute atomic E-state index is 13.3. The van der Waals surface area contributed by atoms with Crippen molar-refractivity contribution in [1.82, 2.24) is 0 Å². The van der Waals surface area contributed by atoms with E-state index in [0.717, 1.165) is 4.47 Å². The molecule has 1 amide bonds. The van der Waals surface area contributed by atoms with Gasteiger partial charge in [0, 0.05) is 22.1 Å². The third kappa shape index (κ3) is 6.19. The van der Waals surface area contributed by atoms with Crippen molar-refractivity contribution in [3.63, 3.8) is 0 Å². The molecule has 0 unspecified atom stereocenters. The maximum atomic E-state index is 13.3. The van der Waals surface area contributed by atoms with Crippen molar-refractivity contribution < 1.29 is 14.8 Å². The third-order valence-corrected chi connectivity index (χ3v) is 6.06. The van der Waals surface area contributed by atoms with E-state index in [0.29, 0.717) is 26.9 Å². The summed E-state index contributed by atoms with van der Waals surface area (Å²) in [6.07, 6.45) is 0.0993. The maximum Gasteiger partial charge on any atom is 0.224 e. The van der Waals surface area contributed by atoms with Gasteiger partial charge in [-0.2, -0.15) is 0 Å². The molecule has 5 nitrogen and oxygen atoms in total. The molecule has 3 aromatic rings. The highest BCUT2D eigenvalue weighted by molar-refractivity contribution is 9.10. The van der Waals surface area contributed by atoms with Gasteiger partial charge in [-0.15, -0.1) is 0 Å². The fourth-order valence-corrected chi connectivity index (χ4v) is 3.77. The first-order valence-electron chi connectivity index (χ1n) is 9.69. The van der Waals surface area contributed by atoms with Gasteiger partial charge in [0.05, 0.1) is 21.7 Å². The van der Waals surface area contributed by atoms with E-state index in [9.17, 15) is 14.8 Å². The molecule has 1 atom stereocenters. The van der Waals surface area contributed by atoms with Crippen LogP contribution in [-0.2, 0) is 4.79 Å². The van der Waals surface area contributed by atoms with E-state index in [-0.39, 0.29) is 30.2 Å². The molecular formula is C24H19BrCl2N2O3. The summed E-state index contributed by atoms with van der Waals surface area (Å²) in [7, 11) is 0. The third-order valence-electron chi connectivity index (χ3n) is 4.80. The molecule has 0 spiro atoms. The number of rotatable bonds is 8. The zero-order valence-electron chi connectivity index (χ0n) is 16.8. The SMILES string of the molecule is O=C(CC/C(=N/O)[C@H](C(=O)c1ccc(Br)cc1)c1ccccc1)Nc1ccc(Cl)c(Cl)c1. The van der Waals surface area contributed by atoms with E-state index in [4.69, 9.17) is 23.2 Å². The molecule has 8 heteroatoms. The lowest BCUT2D eigenvalue weighted by molar-refractivity contribution is -0.116. The van der Waals surface area contributed by atoms with Crippen LogP contribution >= 0.6 is 39.1 Å². The molecule has 0 bridgehead atoms. The molecule has 3 rings (SSSR count). The Labute approximate surface area is 204 Å². The van der Waals surface area contributed by atoms with Crippen LogP contribution in [0.1, 0.15) is 34.7 Å². The molecule has 0 aromatic heterocycles. The van der Waals surface area contributed by atoms with Gasteiger partial charge in [-0.25, -0.2) is 0 Å². The molecule has 0 fully saturated rings. The summed E-state index contributed by atoms with van der Waals surface area (Å²) in [5.74, 6) is -1.35. The first-order chi connectivity index (χ1) is 15.4. The number of hydrogen-bond acceptors (Lipinski definition) is 4. The largest absolute Gasteiger partial charge is 0.411 e. The Kier molecular flexibility index (Phi) is 8.45. The lowest BCUT2D eigenvalue weighted by Crippen LogP contribution is -2.24. The summed E-state index contributed by atoms with van der Waals surface area (Å²) >= 11 is 15.2. The molecule has 164 valence electrons. The number of carbonyl (C=O) groups is 2. The zero-order valence-corrected chi connectivity index (χ0v) is 19.9. The fraction of sp³-hybridized carbons (Fsp3) is 0.125. The summed E-state index contributed by atoms with van der Waals surface area (Å²) in [4.78, 5) is 25.8. The second-order valence-corrected chi connectivity index (χ2v) is 8.71. The normalized spacial score (nSPS) is 12.3. The predicted molar refractivity (Wildman–Crippen MR) is 131 cm³/mol. The number of ketones is 1. The molecule has 0 aliphatic carbocycles. The highest BCUT2D eigenvalue weighted by Gasteiger charge is 2.28. The number of carbonyl (C=O) groups excluding carboxylic acids is 2. The van der Waals surface area contributed by atoms with E-state index in [1.54, 1.807) is 54.6 Å². The van der Waals surface area contributed by atoms with Crippen molar-refractivity contribution in [1.29, 1.82) is 0 Å². The van der Waals surface area contributed by atoms with Crippen molar-refractivity contribution in [2.24, 2.45) is 5.16 Å². The number of anilines is 1. The molecule has 0 heterocycles. The number of Topliss-reactive ketones (excluding diaryl/α,β-unsaturated/α-hetero) is 1. The van der Waals surface area contributed by atoms with Gasteiger partial charge in [-0.3, -0.25) is 9.59 Å². The van der Waals surface area contributed by atoms with Crippen molar-refractivity contribution in [3.8, 4) is 0 Å². The summed E-state index contributed by atoms with van der Waals surface area (Å²) < 4.78 is 0.848. The zero-order chi connectivity index (χ0) is 23.1. The van der Waals surface area contributed by atoms with Crippen LogP contribution in [0.4, 0.5) is 5.69 Å². The van der Waals surface area contributed by atoms with Crippen LogP contribution in [0.25, 0.3) is 0 Å². The average Bonchev–Trinajstić information content (AvgIpc) is 2.79. The molecule has 3 aromatic carbocycles. The van der Waals surface area contributed by atoms with Gasteiger partial charge in [-0.05, 0) is 42.3 Å². The first-order valence-corrected chi connectivity index (χ1v) is 11.2. The second-order valence-electron chi connectivity index (χ2n) is 6.98. The van der Waals surface area contributed by atoms with Crippen molar-refractivity contribution in [2.75, 3.05) is 5.32 Å². The molecule has 0 saturated carbocycles.